The lowest BCUT2D eigenvalue weighted by Gasteiger charge is -2.16. The Kier molecular flexibility index (Phi) is 6.58. The van der Waals surface area contributed by atoms with E-state index in [-0.39, 0.29) is 23.7 Å². The summed E-state index contributed by atoms with van der Waals surface area (Å²) in [5, 5.41) is 0.546. The average molecular weight is 462 g/mol. The molecular formula is C26H27N3O5. The third-order valence-electron chi connectivity index (χ3n) is 6.15. The number of carbonyl (C=O) groups excluding carboxylic acids is 3. The Bertz CT molecular complexity index is 1340. The van der Waals surface area contributed by atoms with Crippen molar-refractivity contribution in [3.63, 3.8) is 0 Å². The standard InChI is InChI=1S/C26H27N3O5/c1-16-6-4-7-21-24(16)27-15-28(26(21)33)12-5-8-23(31)34-17(2)25(32)20-9-10-22-19(14-20)11-13-29(22)18(3)30/h4,6-7,9-10,14-15,17H,5,8,11-13H2,1-3H3/t17-/m0/s1. The highest BCUT2D eigenvalue weighted by molar-refractivity contribution is 6.01. The number of aryl methyl sites for hydroxylation is 2. The second-order valence-electron chi connectivity index (χ2n) is 8.58. The Balaban J connectivity index is 1.33. The van der Waals surface area contributed by atoms with Gasteiger partial charge in [-0.1, -0.05) is 12.1 Å². The summed E-state index contributed by atoms with van der Waals surface area (Å²) in [5.41, 5.74) is 3.67. The van der Waals surface area contributed by atoms with E-state index in [1.807, 2.05) is 19.1 Å². The average Bonchev–Trinajstić information content (AvgIpc) is 3.24. The van der Waals surface area contributed by atoms with Gasteiger partial charge in [0, 0.05) is 37.7 Å². The molecule has 1 amide bonds. The number of amides is 1. The van der Waals surface area contributed by atoms with Crippen LogP contribution in [0.5, 0.6) is 0 Å². The molecular weight excluding hydrogens is 434 g/mol. The van der Waals surface area contributed by atoms with Crippen molar-refractivity contribution < 1.29 is 19.1 Å². The summed E-state index contributed by atoms with van der Waals surface area (Å²) in [6, 6.07) is 10.7. The smallest absolute Gasteiger partial charge is 0.306 e. The van der Waals surface area contributed by atoms with Gasteiger partial charge in [-0.05, 0) is 62.1 Å². The number of hydrogen-bond donors (Lipinski definition) is 0. The van der Waals surface area contributed by atoms with Crippen molar-refractivity contribution in [1.29, 1.82) is 0 Å². The first kappa shape index (κ1) is 23.4. The number of ketones is 1. The van der Waals surface area contributed by atoms with Crippen molar-refractivity contribution in [3.8, 4) is 0 Å². The third-order valence-corrected chi connectivity index (χ3v) is 6.15. The van der Waals surface area contributed by atoms with Crippen LogP contribution in [0.1, 0.15) is 48.2 Å². The van der Waals surface area contributed by atoms with E-state index in [2.05, 4.69) is 4.98 Å². The van der Waals surface area contributed by atoms with Crippen LogP contribution in [-0.2, 0) is 27.3 Å². The van der Waals surface area contributed by atoms with E-state index in [0.29, 0.717) is 42.4 Å². The van der Waals surface area contributed by atoms with E-state index in [4.69, 9.17) is 4.74 Å². The van der Waals surface area contributed by atoms with Gasteiger partial charge in [0.05, 0.1) is 17.2 Å². The number of ether oxygens (including phenoxy) is 1. The molecule has 8 heteroatoms. The Hall–Kier alpha value is -3.81. The number of para-hydroxylation sites is 1. The zero-order chi connectivity index (χ0) is 24.4. The van der Waals surface area contributed by atoms with Crippen molar-refractivity contribution in [2.75, 3.05) is 11.4 Å². The van der Waals surface area contributed by atoms with Gasteiger partial charge in [-0.3, -0.25) is 23.7 Å². The molecule has 2 aromatic carbocycles. The van der Waals surface area contributed by atoms with Gasteiger partial charge < -0.3 is 9.64 Å². The van der Waals surface area contributed by atoms with Crippen LogP contribution >= 0.6 is 0 Å². The normalized spacial score (nSPS) is 13.6. The van der Waals surface area contributed by atoms with Gasteiger partial charge in [0.25, 0.3) is 5.56 Å². The number of anilines is 1. The third kappa shape index (κ3) is 4.62. The van der Waals surface area contributed by atoms with Crippen molar-refractivity contribution in [2.45, 2.75) is 52.7 Å². The van der Waals surface area contributed by atoms with E-state index in [0.717, 1.165) is 16.8 Å². The van der Waals surface area contributed by atoms with Crippen LogP contribution in [-0.4, -0.2) is 39.9 Å². The fraction of sp³-hybridized carbons (Fsp3) is 0.346. The molecule has 1 atom stereocenters. The van der Waals surface area contributed by atoms with Crippen LogP contribution in [0.4, 0.5) is 5.69 Å². The van der Waals surface area contributed by atoms with Gasteiger partial charge in [-0.15, -0.1) is 0 Å². The summed E-state index contributed by atoms with van der Waals surface area (Å²) in [5.74, 6) is -0.817. The molecule has 0 spiro atoms. The second-order valence-corrected chi connectivity index (χ2v) is 8.58. The van der Waals surface area contributed by atoms with Crippen LogP contribution in [0.2, 0.25) is 0 Å². The molecule has 176 valence electrons. The quantitative estimate of drug-likeness (QED) is 0.396. The number of fused-ring (bicyclic) bond motifs is 2. The molecule has 0 N–H and O–H groups in total. The molecule has 0 radical (unpaired) electrons. The lowest BCUT2D eigenvalue weighted by Crippen LogP contribution is -2.26. The van der Waals surface area contributed by atoms with Crippen LogP contribution < -0.4 is 10.5 Å². The Labute approximate surface area is 197 Å². The maximum Gasteiger partial charge on any atom is 0.306 e. The molecule has 0 saturated carbocycles. The van der Waals surface area contributed by atoms with Crippen LogP contribution in [0.3, 0.4) is 0 Å². The highest BCUT2D eigenvalue weighted by Gasteiger charge is 2.25. The Morgan fingerprint density at radius 3 is 2.74 bits per heavy atom. The fourth-order valence-electron chi connectivity index (χ4n) is 4.32. The molecule has 34 heavy (non-hydrogen) atoms. The number of nitrogens with zero attached hydrogens (tertiary/aromatic N) is 3. The number of Topliss-reactive ketones (excluding diaryl/α,β-unsaturated/α-hetero) is 1. The van der Waals surface area contributed by atoms with Crippen molar-refractivity contribution in [1.82, 2.24) is 9.55 Å². The van der Waals surface area contributed by atoms with Crippen LogP contribution in [0.15, 0.2) is 47.5 Å². The predicted molar refractivity (Wildman–Crippen MR) is 128 cm³/mol. The lowest BCUT2D eigenvalue weighted by atomic mass is 10.0. The Morgan fingerprint density at radius 1 is 1.18 bits per heavy atom. The van der Waals surface area contributed by atoms with Gasteiger partial charge in [-0.25, -0.2) is 4.98 Å². The van der Waals surface area contributed by atoms with E-state index in [9.17, 15) is 19.2 Å². The van der Waals surface area contributed by atoms with E-state index >= 15 is 0 Å². The second kappa shape index (κ2) is 9.59. The minimum absolute atomic E-state index is 0.0306. The maximum absolute atomic E-state index is 12.8. The van der Waals surface area contributed by atoms with Crippen molar-refractivity contribution in [2.24, 2.45) is 0 Å². The zero-order valence-corrected chi connectivity index (χ0v) is 19.5. The largest absolute Gasteiger partial charge is 0.454 e. The first-order chi connectivity index (χ1) is 16.3. The minimum Gasteiger partial charge on any atom is -0.454 e. The molecule has 0 fully saturated rings. The summed E-state index contributed by atoms with van der Waals surface area (Å²) in [6.07, 6.45) is 1.72. The van der Waals surface area contributed by atoms with E-state index < -0.39 is 12.1 Å². The molecule has 4 rings (SSSR count). The monoisotopic (exact) mass is 461 g/mol. The summed E-state index contributed by atoms with van der Waals surface area (Å²) in [7, 11) is 0. The summed E-state index contributed by atoms with van der Waals surface area (Å²) < 4.78 is 6.83. The number of rotatable bonds is 7. The molecule has 0 unspecified atom stereocenters. The highest BCUT2D eigenvalue weighted by Crippen LogP contribution is 2.29. The van der Waals surface area contributed by atoms with E-state index in [1.165, 1.54) is 17.8 Å². The molecule has 1 aliphatic heterocycles. The van der Waals surface area contributed by atoms with Gasteiger partial charge in [0.15, 0.2) is 6.10 Å². The van der Waals surface area contributed by atoms with Crippen LogP contribution in [0, 0.1) is 6.92 Å². The van der Waals surface area contributed by atoms with Crippen LogP contribution in [0.25, 0.3) is 10.9 Å². The maximum atomic E-state index is 12.8. The van der Waals surface area contributed by atoms with Gasteiger partial charge in [-0.2, -0.15) is 0 Å². The molecule has 2 heterocycles. The number of esters is 1. The SMILES string of the molecule is CC(=O)N1CCc2cc(C(=O)[C@H](C)OC(=O)CCCn3cnc4c(C)cccc4c3=O)ccc21. The van der Waals surface area contributed by atoms with Gasteiger partial charge >= 0.3 is 5.97 Å². The Morgan fingerprint density at radius 2 is 1.97 bits per heavy atom. The molecule has 0 bridgehead atoms. The van der Waals surface area contributed by atoms with Gasteiger partial charge in [0.1, 0.15) is 0 Å². The topological polar surface area (TPSA) is 98.6 Å². The van der Waals surface area contributed by atoms with Crippen molar-refractivity contribution >= 4 is 34.3 Å². The summed E-state index contributed by atoms with van der Waals surface area (Å²) in [6.45, 7) is 5.90. The fourth-order valence-corrected chi connectivity index (χ4v) is 4.32. The number of hydrogen-bond acceptors (Lipinski definition) is 6. The van der Waals surface area contributed by atoms with E-state index in [1.54, 1.807) is 36.1 Å². The summed E-state index contributed by atoms with van der Waals surface area (Å²) >= 11 is 0. The predicted octanol–water partition coefficient (Wildman–Crippen LogP) is 3.21. The van der Waals surface area contributed by atoms with Gasteiger partial charge in [0.2, 0.25) is 11.7 Å². The zero-order valence-electron chi connectivity index (χ0n) is 19.5. The minimum atomic E-state index is -0.927. The first-order valence-corrected chi connectivity index (χ1v) is 11.4. The summed E-state index contributed by atoms with van der Waals surface area (Å²) in [4.78, 5) is 55.5. The molecule has 0 aliphatic carbocycles. The number of benzene rings is 2. The molecule has 8 nitrogen and oxygen atoms in total. The lowest BCUT2D eigenvalue weighted by molar-refractivity contribution is -0.146. The highest BCUT2D eigenvalue weighted by atomic mass is 16.5. The number of aromatic nitrogens is 2. The molecule has 1 aromatic heterocycles. The first-order valence-electron chi connectivity index (χ1n) is 11.4. The molecule has 0 saturated heterocycles. The molecule has 3 aromatic rings. The van der Waals surface area contributed by atoms with Crippen molar-refractivity contribution in [3.05, 3.63) is 69.8 Å². The molecule has 1 aliphatic rings. The number of carbonyl (C=O) groups is 3.